The van der Waals surface area contributed by atoms with Gasteiger partial charge in [0, 0.05) is 13.1 Å². The van der Waals surface area contributed by atoms with Gasteiger partial charge in [0.05, 0.1) is 29.3 Å². The Labute approximate surface area is 187 Å². The molecule has 3 aromatic rings. The number of hydrogen-bond donors (Lipinski definition) is 1. The molecule has 0 aliphatic carbocycles. The summed E-state index contributed by atoms with van der Waals surface area (Å²) in [4.78, 5) is 12.8. The normalized spacial score (nSPS) is 11.5. The molecule has 0 saturated carbocycles. The van der Waals surface area contributed by atoms with Crippen molar-refractivity contribution < 1.29 is 17.9 Å². The van der Waals surface area contributed by atoms with Crippen LogP contribution in [0.15, 0.2) is 53.7 Å². The number of rotatable bonds is 10. The summed E-state index contributed by atoms with van der Waals surface area (Å²) in [6.45, 7) is 6.47. The number of nitrogens with one attached hydrogen (secondary N) is 1. The molecule has 32 heavy (non-hydrogen) atoms. The van der Waals surface area contributed by atoms with Gasteiger partial charge in [-0.25, -0.2) is 13.1 Å². The Morgan fingerprint density at radius 2 is 1.81 bits per heavy atom. The molecule has 1 aromatic heterocycles. The lowest BCUT2D eigenvalue weighted by molar-refractivity contribution is -0.115. The molecule has 2 aromatic carbocycles. The second kappa shape index (κ2) is 10.3. The number of carbonyl (C=O) groups is 1. The van der Waals surface area contributed by atoms with Crippen LogP contribution in [0.3, 0.4) is 0 Å². The van der Waals surface area contributed by atoms with Crippen molar-refractivity contribution in [3.63, 3.8) is 0 Å². The van der Waals surface area contributed by atoms with Crippen LogP contribution < -0.4 is 10.1 Å². The maximum Gasteiger partial charge on any atom is 0.243 e. The molecule has 3 rings (SSSR count). The summed E-state index contributed by atoms with van der Waals surface area (Å²) in [5.41, 5.74) is 1.87. The minimum Gasteiger partial charge on any atom is -0.492 e. The molecule has 0 fully saturated rings. The van der Waals surface area contributed by atoms with Gasteiger partial charge in [-0.3, -0.25) is 4.79 Å². The van der Waals surface area contributed by atoms with Crippen molar-refractivity contribution in [1.29, 1.82) is 0 Å². The highest BCUT2D eigenvalue weighted by molar-refractivity contribution is 7.89. The van der Waals surface area contributed by atoms with Crippen molar-refractivity contribution in [2.45, 2.75) is 32.1 Å². The third-order valence-corrected chi connectivity index (χ3v) is 6.83. The topological polar surface area (TPSA) is 119 Å². The Hall–Kier alpha value is -3.31. The van der Waals surface area contributed by atoms with Gasteiger partial charge in [-0.2, -0.15) is 4.31 Å². The third-order valence-electron chi connectivity index (χ3n) is 4.78. The van der Waals surface area contributed by atoms with Crippen LogP contribution in [0.25, 0.3) is 5.69 Å². The molecule has 1 heterocycles. The van der Waals surface area contributed by atoms with Crippen LogP contribution in [0, 0.1) is 0 Å². The zero-order valence-electron chi connectivity index (χ0n) is 18.2. The van der Waals surface area contributed by atoms with E-state index in [0.29, 0.717) is 31.1 Å². The molecule has 0 aliphatic heterocycles. The standard InChI is InChI=1S/C21H26N6O4S/c1-4-26(5-2)32(29,30)18-11-12-20(31-6-3)19(14-18)23-21(28)13-16-7-9-17(10-8-16)27-15-22-24-25-27/h7-12,14-15H,4-6,13H2,1-3H3,(H,23,28). The Morgan fingerprint density at radius 3 is 2.41 bits per heavy atom. The Bertz CT molecular complexity index is 1140. The summed E-state index contributed by atoms with van der Waals surface area (Å²) >= 11 is 0. The third kappa shape index (κ3) is 5.29. The zero-order valence-corrected chi connectivity index (χ0v) is 19.0. The number of carbonyl (C=O) groups excluding carboxylic acids is 1. The average Bonchev–Trinajstić information content (AvgIpc) is 3.31. The number of amides is 1. The number of anilines is 1. The molecule has 0 atom stereocenters. The van der Waals surface area contributed by atoms with E-state index in [1.54, 1.807) is 32.0 Å². The average molecular weight is 459 g/mol. The second-order valence-corrected chi connectivity index (χ2v) is 8.76. The first kappa shape index (κ1) is 23.4. The highest BCUT2D eigenvalue weighted by Crippen LogP contribution is 2.29. The van der Waals surface area contributed by atoms with Crippen molar-refractivity contribution in [1.82, 2.24) is 24.5 Å². The van der Waals surface area contributed by atoms with Crippen molar-refractivity contribution >= 4 is 21.6 Å². The van der Waals surface area contributed by atoms with E-state index in [-0.39, 0.29) is 17.2 Å². The van der Waals surface area contributed by atoms with Crippen LogP contribution in [-0.2, 0) is 21.2 Å². The van der Waals surface area contributed by atoms with Gasteiger partial charge in [0.15, 0.2) is 0 Å². The minimum absolute atomic E-state index is 0.103. The van der Waals surface area contributed by atoms with E-state index >= 15 is 0 Å². The summed E-state index contributed by atoms with van der Waals surface area (Å²) in [6.07, 6.45) is 1.59. The molecule has 0 unspecified atom stereocenters. The molecule has 1 N–H and O–H groups in total. The van der Waals surface area contributed by atoms with Crippen LogP contribution in [0.4, 0.5) is 5.69 Å². The number of benzene rings is 2. The van der Waals surface area contributed by atoms with Crippen LogP contribution >= 0.6 is 0 Å². The van der Waals surface area contributed by atoms with E-state index in [1.165, 1.54) is 27.4 Å². The van der Waals surface area contributed by atoms with Gasteiger partial charge in [-0.05, 0) is 53.2 Å². The number of hydrogen-bond acceptors (Lipinski definition) is 7. The molecule has 10 nitrogen and oxygen atoms in total. The highest BCUT2D eigenvalue weighted by Gasteiger charge is 2.23. The summed E-state index contributed by atoms with van der Waals surface area (Å²) in [5.74, 6) is 0.117. The Morgan fingerprint density at radius 1 is 1.09 bits per heavy atom. The molecule has 0 radical (unpaired) electrons. The lowest BCUT2D eigenvalue weighted by Crippen LogP contribution is -2.30. The maximum absolute atomic E-state index is 12.9. The van der Waals surface area contributed by atoms with Crippen molar-refractivity contribution in [2.24, 2.45) is 0 Å². The molecule has 1 amide bonds. The smallest absolute Gasteiger partial charge is 0.243 e. The second-order valence-electron chi connectivity index (χ2n) is 6.83. The van der Waals surface area contributed by atoms with E-state index in [2.05, 4.69) is 20.8 Å². The fraction of sp³-hybridized carbons (Fsp3) is 0.333. The lowest BCUT2D eigenvalue weighted by Gasteiger charge is -2.20. The van der Waals surface area contributed by atoms with Gasteiger partial charge in [0.1, 0.15) is 12.1 Å². The number of tetrazole rings is 1. The van der Waals surface area contributed by atoms with E-state index in [1.807, 2.05) is 19.1 Å². The molecular weight excluding hydrogens is 432 g/mol. The molecule has 0 spiro atoms. The van der Waals surface area contributed by atoms with Crippen LogP contribution in [0.2, 0.25) is 0 Å². The van der Waals surface area contributed by atoms with E-state index in [9.17, 15) is 13.2 Å². The van der Waals surface area contributed by atoms with Crippen molar-refractivity contribution in [2.75, 3.05) is 25.0 Å². The first-order valence-electron chi connectivity index (χ1n) is 10.3. The molecule has 11 heteroatoms. The molecule has 0 saturated heterocycles. The fourth-order valence-electron chi connectivity index (χ4n) is 3.19. The van der Waals surface area contributed by atoms with E-state index < -0.39 is 10.0 Å². The zero-order chi connectivity index (χ0) is 23.1. The highest BCUT2D eigenvalue weighted by atomic mass is 32.2. The number of ether oxygens (including phenoxy) is 1. The number of sulfonamides is 1. The first-order valence-corrected chi connectivity index (χ1v) is 11.7. The van der Waals surface area contributed by atoms with Gasteiger partial charge < -0.3 is 10.1 Å². The number of aromatic nitrogens is 4. The van der Waals surface area contributed by atoms with E-state index in [4.69, 9.17) is 4.74 Å². The molecule has 170 valence electrons. The van der Waals surface area contributed by atoms with E-state index in [0.717, 1.165) is 11.3 Å². The monoisotopic (exact) mass is 458 g/mol. The fourth-order valence-corrected chi connectivity index (χ4v) is 4.67. The summed E-state index contributed by atoms with van der Waals surface area (Å²) in [6, 6.07) is 11.7. The van der Waals surface area contributed by atoms with Gasteiger partial charge in [0.2, 0.25) is 15.9 Å². The summed E-state index contributed by atoms with van der Waals surface area (Å²) < 4.78 is 34.2. The minimum atomic E-state index is -3.67. The van der Waals surface area contributed by atoms with Gasteiger partial charge in [-0.15, -0.1) is 5.10 Å². The van der Waals surface area contributed by atoms with Gasteiger partial charge in [-0.1, -0.05) is 26.0 Å². The van der Waals surface area contributed by atoms with Gasteiger partial charge in [0.25, 0.3) is 0 Å². The van der Waals surface area contributed by atoms with Crippen molar-refractivity contribution in [3.8, 4) is 11.4 Å². The Balaban J connectivity index is 1.79. The predicted molar refractivity (Wildman–Crippen MR) is 119 cm³/mol. The first-order chi connectivity index (χ1) is 15.4. The van der Waals surface area contributed by atoms with Crippen LogP contribution in [0.5, 0.6) is 5.75 Å². The quantitative estimate of drug-likeness (QED) is 0.495. The molecule has 0 aliphatic rings. The largest absolute Gasteiger partial charge is 0.492 e. The molecule has 0 bridgehead atoms. The lowest BCUT2D eigenvalue weighted by atomic mass is 10.1. The van der Waals surface area contributed by atoms with Crippen LogP contribution in [-0.4, -0.2) is 58.5 Å². The summed E-state index contributed by atoms with van der Waals surface area (Å²) in [7, 11) is -3.67. The Kier molecular flexibility index (Phi) is 7.54. The summed E-state index contributed by atoms with van der Waals surface area (Å²) in [5, 5.41) is 13.8. The predicted octanol–water partition coefficient (Wildman–Crippen LogP) is 2.27. The number of nitrogens with zero attached hydrogens (tertiary/aromatic N) is 5. The molecular formula is C21H26N6O4S. The van der Waals surface area contributed by atoms with Crippen molar-refractivity contribution in [3.05, 3.63) is 54.4 Å². The SMILES string of the molecule is CCOc1ccc(S(=O)(=O)N(CC)CC)cc1NC(=O)Cc1ccc(-n2cnnn2)cc1. The van der Waals surface area contributed by atoms with Gasteiger partial charge >= 0.3 is 0 Å². The maximum atomic E-state index is 12.9. The van der Waals surface area contributed by atoms with Crippen LogP contribution in [0.1, 0.15) is 26.3 Å².